The quantitative estimate of drug-likeness (QED) is 0.454. The first kappa shape index (κ1) is 21.1. The fourth-order valence-corrected chi connectivity index (χ4v) is 2.96. The molecule has 0 aromatic heterocycles. The molecule has 1 N–H and O–H groups in total. The van der Waals surface area contributed by atoms with Crippen LogP contribution in [0.3, 0.4) is 0 Å². The van der Waals surface area contributed by atoms with Gasteiger partial charge in [-0.15, -0.1) is 0 Å². The van der Waals surface area contributed by atoms with Crippen LogP contribution >= 0.6 is 23.2 Å². The summed E-state index contributed by atoms with van der Waals surface area (Å²) in [6.45, 7) is 2.63. The molecule has 0 spiro atoms. The predicted molar refractivity (Wildman–Crippen MR) is 107 cm³/mol. The third kappa shape index (κ3) is 5.88. The molecule has 27 heavy (non-hydrogen) atoms. The van der Waals surface area contributed by atoms with Crippen LogP contribution in [0.4, 0.5) is 5.69 Å². The minimum Gasteiger partial charge on any atom is -0.490 e. The maximum Gasteiger partial charge on any atom is 0.337 e. The molecule has 0 bridgehead atoms. The number of hydrogen-bond donors (Lipinski definition) is 1. The average Bonchev–Trinajstić information content (AvgIpc) is 2.66. The van der Waals surface area contributed by atoms with Crippen LogP contribution in [0.15, 0.2) is 36.4 Å². The van der Waals surface area contributed by atoms with Crippen LogP contribution < -0.4 is 10.1 Å². The Kier molecular flexibility index (Phi) is 7.95. The summed E-state index contributed by atoms with van der Waals surface area (Å²) in [6.07, 6.45) is 3.06. The van der Waals surface area contributed by atoms with Crippen molar-refractivity contribution in [1.29, 1.82) is 0 Å². The second kappa shape index (κ2) is 10.2. The number of amides is 1. The van der Waals surface area contributed by atoms with Crippen LogP contribution in [0.2, 0.25) is 10.0 Å². The predicted octanol–water partition coefficient (Wildman–Crippen LogP) is 5.60. The van der Waals surface area contributed by atoms with Gasteiger partial charge in [0.25, 0.3) is 5.91 Å². The summed E-state index contributed by atoms with van der Waals surface area (Å²) in [5.74, 6) is -0.434. The molecule has 0 atom stereocenters. The summed E-state index contributed by atoms with van der Waals surface area (Å²) in [4.78, 5) is 23.9. The number of nitrogens with one attached hydrogen (secondary N) is 1. The van der Waals surface area contributed by atoms with Gasteiger partial charge in [0.15, 0.2) is 5.75 Å². The number of unbranched alkanes of at least 4 members (excludes halogenated alkanes) is 2. The highest BCUT2D eigenvalue weighted by molar-refractivity contribution is 6.37. The summed E-state index contributed by atoms with van der Waals surface area (Å²) in [5, 5.41) is 3.29. The molecule has 0 aliphatic carbocycles. The smallest absolute Gasteiger partial charge is 0.337 e. The van der Waals surface area contributed by atoms with Gasteiger partial charge in [0.05, 0.1) is 29.3 Å². The van der Waals surface area contributed by atoms with Crippen molar-refractivity contribution in [3.63, 3.8) is 0 Å². The summed E-state index contributed by atoms with van der Waals surface area (Å²) >= 11 is 12.5. The Morgan fingerprint density at radius 1 is 1.00 bits per heavy atom. The molecule has 5 nitrogen and oxygen atoms in total. The van der Waals surface area contributed by atoms with E-state index in [4.69, 9.17) is 27.9 Å². The number of benzene rings is 2. The van der Waals surface area contributed by atoms with Gasteiger partial charge in [0.1, 0.15) is 0 Å². The molecule has 0 saturated carbocycles. The molecule has 2 aromatic carbocycles. The highest BCUT2D eigenvalue weighted by Gasteiger charge is 2.15. The van der Waals surface area contributed by atoms with E-state index in [-0.39, 0.29) is 16.0 Å². The highest BCUT2D eigenvalue weighted by atomic mass is 35.5. The zero-order valence-corrected chi connectivity index (χ0v) is 16.7. The molecule has 0 unspecified atom stereocenters. The standard InChI is InChI=1S/C20H21Cl2NO4/c1-3-4-5-10-27-18-16(21)11-14(12-17(18)22)19(24)23-15-8-6-13(7-9-15)20(25)26-2/h6-9,11-12H,3-5,10H2,1-2H3,(H,23,24). The van der Waals surface area contributed by atoms with E-state index >= 15 is 0 Å². The third-order valence-corrected chi connectivity index (χ3v) is 4.38. The minimum atomic E-state index is -0.444. The van der Waals surface area contributed by atoms with Gasteiger partial charge in [-0.2, -0.15) is 0 Å². The van der Waals surface area contributed by atoms with E-state index in [1.165, 1.54) is 19.2 Å². The Hall–Kier alpha value is -2.24. The number of hydrogen-bond acceptors (Lipinski definition) is 4. The molecule has 0 saturated heterocycles. The van der Waals surface area contributed by atoms with Crippen molar-refractivity contribution in [2.45, 2.75) is 26.2 Å². The summed E-state index contributed by atoms with van der Waals surface area (Å²) in [5.41, 5.74) is 1.23. The first-order chi connectivity index (χ1) is 13.0. The van der Waals surface area contributed by atoms with E-state index in [2.05, 4.69) is 17.0 Å². The van der Waals surface area contributed by atoms with Crippen LogP contribution in [0.1, 0.15) is 46.9 Å². The minimum absolute atomic E-state index is 0.283. The van der Waals surface area contributed by atoms with Crippen LogP contribution in [-0.4, -0.2) is 25.6 Å². The Morgan fingerprint density at radius 2 is 1.63 bits per heavy atom. The second-order valence-corrected chi connectivity index (χ2v) is 6.66. The van der Waals surface area contributed by atoms with Gasteiger partial charge in [-0.05, 0) is 42.8 Å². The maximum atomic E-state index is 12.4. The first-order valence-electron chi connectivity index (χ1n) is 8.57. The average molecular weight is 410 g/mol. The molecule has 2 rings (SSSR count). The van der Waals surface area contributed by atoms with E-state index in [9.17, 15) is 9.59 Å². The molecule has 1 amide bonds. The molecule has 0 radical (unpaired) electrons. The summed E-state index contributed by atoms with van der Waals surface area (Å²) < 4.78 is 10.3. The van der Waals surface area contributed by atoms with Gasteiger partial charge < -0.3 is 14.8 Å². The monoisotopic (exact) mass is 409 g/mol. The van der Waals surface area contributed by atoms with Crippen LogP contribution in [-0.2, 0) is 4.74 Å². The number of halogens is 2. The maximum absolute atomic E-state index is 12.4. The second-order valence-electron chi connectivity index (χ2n) is 5.85. The number of anilines is 1. The topological polar surface area (TPSA) is 64.6 Å². The van der Waals surface area contributed by atoms with Crippen molar-refractivity contribution in [1.82, 2.24) is 0 Å². The zero-order chi connectivity index (χ0) is 19.8. The fraction of sp³-hybridized carbons (Fsp3) is 0.300. The molecule has 0 aliphatic heterocycles. The first-order valence-corrected chi connectivity index (χ1v) is 9.33. The van der Waals surface area contributed by atoms with Gasteiger partial charge in [-0.3, -0.25) is 4.79 Å². The van der Waals surface area contributed by atoms with Crippen LogP contribution in [0.25, 0.3) is 0 Å². The Bertz CT molecular complexity index is 783. The van der Waals surface area contributed by atoms with Crippen LogP contribution in [0, 0.1) is 0 Å². The summed E-state index contributed by atoms with van der Waals surface area (Å²) in [6, 6.07) is 9.38. The Morgan fingerprint density at radius 3 is 2.19 bits per heavy atom. The Labute approximate surface area is 168 Å². The highest BCUT2D eigenvalue weighted by Crippen LogP contribution is 2.34. The van der Waals surface area contributed by atoms with Crippen LogP contribution in [0.5, 0.6) is 5.75 Å². The van der Waals surface area contributed by atoms with Gasteiger partial charge in [0.2, 0.25) is 0 Å². The lowest BCUT2D eigenvalue weighted by Gasteiger charge is -2.12. The van der Waals surface area contributed by atoms with E-state index in [1.807, 2.05) is 0 Å². The van der Waals surface area contributed by atoms with Gasteiger partial charge >= 0.3 is 5.97 Å². The van der Waals surface area contributed by atoms with E-state index < -0.39 is 5.97 Å². The lowest BCUT2D eigenvalue weighted by Crippen LogP contribution is -2.12. The molecular weight excluding hydrogens is 389 g/mol. The van der Waals surface area contributed by atoms with Gasteiger partial charge in [-0.25, -0.2) is 4.79 Å². The molecule has 0 fully saturated rings. The van der Waals surface area contributed by atoms with Crippen molar-refractivity contribution in [2.24, 2.45) is 0 Å². The van der Waals surface area contributed by atoms with Crippen molar-refractivity contribution in [2.75, 3.05) is 19.0 Å². The summed E-state index contributed by atoms with van der Waals surface area (Å²) in [7, 11) is 1.31. The molecule has 0 heterocycles. The molecule has 2 aromatic rings. The molecule has 7 heteroatoms. The number of rotatable bonds is 8. The number of esters is 1. The molecule has 0 aliphatic rings. The largest absolute Gasteiger partial charge is 0.490 e. The van der Waals surface area contributed by atoms with Crippen molar-refractivity contribution < 1.29 is 19.1 Å². The van der Waals surface area contributed by atoms with E-state index in [0.717, 1.165) is 19.3 Å². The van der Waals surface area contributed by atoms with Crippen molar-refractivity contribution in [3.8, 4) is 5.75 Å². The lowest BCUT2D eigenvalue weighted by atomic mass is 10.1. The van der Waals surface area contributed by atoms with Gasteiger partial charge in [-0.1, -0.05) is 43.0 Å². The Balaban J connectivity index is 2.06. The van der Waals surface area contributed by atoms with E-state index in [0.29, 0.717) is 29.2 Å². The fourth-order valence-electron chi connectivity index (χ4n) is 2.37. The number of methoxy groups -OCH3 is 1. The van der Waals surface area contributed by atoms with Crippen molar-refractivity contribution >= 4 is 40.8 Å². The molecular formula is C20H21Cl2NO4. The zero-order valence-electron chi connectivity index (χ0n) is 15.2. The SMILES string of the molecule is CCCCCOc1c(Cl)cc(C(=O)Nc2ccc(C(=O)OC)cc2)cc1Cl. The van der Waals surface area contributed by atoms with E-state index in [1.54, 1.807) is 24.3 Å². The third-order valence-electron chi connectivity index (χ3n) is 3.82. The molecule has 144 valence electrons. The lowest BCUT2D eigenvalue weighted by molar-refractivity contribution is 0.0600. The normalized spacial score (nSPS) is 10.4. The number of carbonyl (C=O) groups excluding carboxylic acids is 2. The number of carbonyl (C=O) groups is 2. The van der Waals surface area contributed by atoms with Crippen molar-refractivity contribution in [3.05, 3.63) is 57.6 Å². The number of ether oxygens (including phenoxy) is 2. The van der Waals surface area contributed by atoms with Gasteiger partial charge in [0, 0.05) is 11.3 Å².